The third-order valence-electron chi connectivity index (χ3n) is 3.09. The maximum Gasteiger partial charge on any atom is 0.407 e. The molecule has 5 heteroatoms. The number of nitrogens with one attached hydrogen (secondary N) is 1. The number of anilines is 1. The van der Waals surface area contributed by atoms with Gasteiger partial charge < -0.3 is 15.0 Å². The van der Waals surface area contributed by atoms with E-state index in [1.807, 2.05) is 52.8 Å². The van der Waals surface area contributed by atoms with Crippen molar-refractivity contribution in [3.63, 3.8) is 0 Å². The number of carbonyl (C=O) groups excluding carboxylic acids is 2. The molecule has 0 saturated carbocycles. The lowest BCUT2D eigenvalue weighted by Gasteiger charge is -2.25. The van der Waals surface area contributed by atoms with Crippen LogP contribution < -0.4 is 10.2 Å². The van der Waals surface area contributed by atoms with Crippen LogP contribution in [-0.4, -0.2) is 30.7 Å². The fourth-order valence-corrected chi connectivity index (χ4v) is 2.24. The number of para-hydroxylation sites is 1. The van der Waals surface area contributed by atoms with Crippen molar-refractivity contribution >= 4 is 17.7 Å². The van der Waals surface area contributed by atoms with Crippen LogP contribution in [0.3, 0.4) is 0 Å². The molecule has 0 aliphatic heterocycles. The Kier molecular flexibility index (Phi) is 5.97. The number of aryl methyl sites for hydroxylation is 2. The van der Waals surface area contributed by atoms with Crippen molar-refractivity contribution in [2.24, 2.45) is 0 Å². The second-order valence-corrected chi connectivity index (χ2v) is 6.34. The Morgan fingerprint density at radius 2 is 1.73 bits per heavy atom. The van der Waals surface area contributed by atoms with Crippen LogP contribution >= 0.6 is 0 Å². The zero-order valence-electron chi connectivity index (χ0n) is 14.3. The molecule has 0 aromatic heterocycles. The lowest BCUT2D eigenvalue weighted by atomic mass is 10.1. The standard InChI is InChI=1S/C17H26N2O3/c1-12-8-7-9-13(2)15(12)19(14(3)20)11-10-18-16(21)22-17(4,5)6/h7-9H,10-11H2,1-6H3,(H,18,21). The smallest absolute Gasteiger partial charge is 0.407 e. The van der Waals surface area contributed by atoms with Crippen LogP contribution in [-0.2, 0) is 9.53 Å². The van der Waals surface area contributed by atoms with Crippen LogP contribution in [0.1, 0.15) is 38.8 Å². The molecule has 0 radical (unpaired) electrons. The monoisotopic (exact) mass is 306 g/mol. The van der Waals surface area contributed by atoms with E-state index in [1.54, 1.807) is 4.90 Å². The second-order valence-electron chi connectivity index (χ2n) is 6.34. The van der Waals surface area contributed by atoms with E-state index in [4.69, 9.17) is 4.74 Å². The highest BCUT2D eigenvalue weighted by atomic mass is 16.6. The number of nitrogens with zero attached hydrogens (tertiary/aromatic N) is 1. The number of benzene rings is 1. The third-order valence-corrected chi connectivity index (χ3v) is 3.09. The van der Waals surface area contributed by atoms with Crippen LogP contribution in [0.2, 0.25) is 0 Å². The van der Waals surface area contributed by atoms with Crippen molar-refractivity contribution < 1.29 is 14.3 Å². The molecule has 1 aromatic rings. The molecule has 0 aliphatic carbocycles. The van der Waals surface area contributed by atoms with Crippen molar-refractivity contribution in [2.75, 3.05) is 18.0 Å². The summed E-state index contributed by atoms with van der Waals surface area (Å²) in [7, 11) is 0. The number of carbonyl (C=O) groups is 2. The molecule has 0 spiro atoms. The highest BCUT2D eigenvalue weighted by molar-refractivity contribution is 5.93. The minimum Gasteiger partial charge on any atom is -0.444 e. The van der Waals surface area contributed by atoms with Crippen molar-refractivity contribution in [2.45, 2.75) is 47.1 Å². The SMILES string of the molecule is CC(=O)N(CCNC(=O)OC(C)(C)C)c1c(C)cccc1C. The number of rotatable bonds is 4. The summed E-state index contributed by atoms with van der Waals surface area (Å²) in [6.07, 6.45) is -0.475. The molecule has 0 unspecified atom stereocenters. The predicted molar refractivity (Wildman–Crippen MR) is 88.2 cm³/mol. The summed E-state index contributed by atoms with van der Waals surface area (Å²) in [4.78, 5) is 25.3. The van der Waals surface area contributed by atoms with Gasteiger partial charge in [0.25, 0.3) is 0 Å². The number of alkyl carbamates (subject to hydrolysis) is 1. The highest BCUT2D eigenvalue weighted by Crippen LogP contribution is 2.24. The summed E-state index contributed by atoms with van der Waals surface area (Å²) in [5.41, 5.74) is 2.44. The summed E-state index contributed by atoms with van der Waals surface area (Å²) in [6, 6.07) is 5.91. The molecule has 122 valence electrons. The molecule has 22 heavy (non-hydrogen) atoms. The van der Waals surface area contributed by atoms with Crippen LogP contribution in [0.25, 0.3) is 0 Å². The molecule has 2 amide bonds. The Morgan fingerprint density at radius 1 is 1.18 bits per heavy atom. The fourth-order valence-electron chi connectivity index (χ4n) is 2.24. The molecule has 1 rings (SSSR count). The topological polar surface area (TPSA) is 58.6 Å². The molecule has 0 aliphatic rings. The van der Waals surface area contributed by atoms with Gasteiger partial charge in [0.05, 0.1) is 0 Å². The van der Waals surface area contributed by atoms with E-state index in [0.717, 1.165) is 16.8 Å². The minimum absolute atomic E-state index is 0.0524. The van der Waals surface area contributed by atoms with Gasteiger partial charge in [-0.1, -0.05) is 18.2 Å². The largest absolute Gasteiger partial charge is 0.444 e. The quantitative estimate of drug-likeness (QED) is 0.929. The van der Waals surface area contributed by atoms with Gasteiger partial charge in [-0.15, -0.1) is 0 Å². The Bertz CT molecular complexity index is 527. The van der Waals surface area contributed by atoms with E-state index in [2.05, 4.69) is 5.32 Å². The molecule has 0 saturated heterocycles. The number of hydrogen-bond acceptors (Lipinski definition) is 3. The second kappa shape index (κ2) is 7.29. The highest BCUT2D eigenvalue weighted by Gasteiger charge is 2.18. The van der Waals surface area contributed by atoms with Crippen molar-refractivity contribution in [1.29, 1.82) is 0 Å². The lowest BCUT2D eigenvalue weighted by molar-refractivity contribution is -0.116. The Labute approximate surface area is 132 Å². The molecule has 0 bridgehead atoms. The average Bonchev–Trinajstić information content (AvgIpc) is 2.34. The Hall–Kier alpha value is -2.04. The van der Waals surface area contributed by atoms with Gasteiger partial charge in [-0.3, -0.25) is 4.79 Å². The average molecular weight is 306 g/mol. The predicted octanol–water partition coefficient (Wildman–Crippen LogP) is 3.18. The molecule has 5 nitrogen and oxygen atoms in total. The van der Waals surface area contributed by atoms with Gasteiger partial charge in [0, 0.05) is 25.7 Å². The number of hydrogen-bond donors (Lipinski definition) is 1. The summed E-state index contributed by atoms with van der Waals surface area (Å²) in [5, 5.41) is 2.68. The van der Waals surface area contributed by atoms with Gasteiger partial charge in [-0.05, 0) is 45.7 Å². The molecular weight excluding hydrogens is 280 g/mol. The molecule has 0 heterocycles. The van der Waals surface area contributed by atoms with Gasteiger partial charge >= 0.3 is 6.09 Å². The van der Waals surface area contributed by atoms with Gasteiger partial charge in [0.2, 0.25) is 5.91 Å². The van der Waals surface area contributed by atoms with E-state index in [-0.39, 0.29) is 5.91 Å². The summed E-state index contributed by atoms with van der Waals surface area (Å²) in [6.45, 7) is 11.6. The Balaban J connectivity index is 2.71. The van der Waals surface area contributed by atoms with Gasteiger partial charge in [0.15, 0.2) is 0 Å². The lowest BCUT2D eigenvalue weighted by Crippen LogP contribution is -2.40. The van der Waals surface area contributed by atoms with Crippen molar-refractivity contribution in [1.82, 2.24) is 5.32 Å². The van der Waals surface area contributed by atoms with E-state index in [0.29, 0.717) is 13.1 Å². The molecule has 1 aromatic carbocycles. The van der Waals surface area contributed by atoms with Crippen molar-refractivity contribution in [3.8, 4) is 0 Å². The van der Waals surface area contributed by atoms with Crippen LogP contribution in [0.5, 0.6) is 0 Å². The number of ether oxygens (including phenoxy) is 1. The molecule has 1 N–H and O–H groups in total. The first-order valence-electron chi connectivity index (χ1n) is 7.43. The maximum absolute atomic E-state index is 11.9. The Morgan fingerprint density at radius 3 is 2.18 bits per heavy atom. The van der Waals surface area contributed by atoms with Gasteiger partial charge in [-0.25, -0.2) is 4.79 Å². The number of amides is 2. The van der Waals surface area contributed by atoms with Crippen LogP contribution in [0, 0.1) is 13.8 Å². The summed E-state index contributed by atoms with van der Waals surface area (Å²) < 4.78 is 5.18. The summed E-state index contributed by atoms with van der Waals surface area (Å²) >= 11 is 0. The molecule has 0 atom stereocenters. The van der Waals surface area contributed by atoms with Crippen LogP contribution in [0.4, 0.5) is 10.5 Å². The van der Waals surface area contributed by atoms with Crippen LogP contribution in [0.15, 0.2) is 18.2 Å². The molecular formula is C17H26N2O3. The van der Waals surface area contributed by atoms with E-state index in [1.165, 1.54) is 6.92 Å². The minimum atomic E-state index is -0.531. The van der Waals surface area contributed by atoms with E-state index >= 15 is 0 Å². The first-order valence-corrected chi connectivity index (χ1v) is 7.43. The maximum atomic E-state index is 11.9. The molecule has 0 fully saturated rings. The first-order chi connectivity index (χ1) is 10.1. The fraction of sp³-hybridized carbons (Fsp3) is 0.529. The first kappa shape index (κ1) is 18.0. The van der Waals surface area contributed by atoms with E-state index in [9.17, 15) is 9.59 Å². The summed E-state index contributed by atoms with van der Waals surface area (Å²) in [5.74, 6) is -0.0524. The van der Waals surface area contributed by atoms with Crippen molar-refractivity contribution in [3.05, 3.63) is 29.3 Å². The van der Waals surface area contributed by atoms with Gasteiger partial charge in [0.1, 0.15) is 5.60 Å². The normalized spacial score (nSPS) is 11.0. The van der Waals surface area contributed by atoms with Gasteiger partial charge in [-0.2, -0.15) is 0 Å². The van der Waals surface area contributed by atoms with E-state index < -0.39 is 11.7 Å². The zero-order valence-corrected chi connectivity index (χ0v) is 14.3. The zero-order chi connectivity index (χ0) is 16.9. The third kappa shape index (κ3) is 5.39.